The first-order valence-electron chi connectivity index (χ1n) is 9.55. The minimum atomic E-state index is -3.54. The first-order valence-corrected chi connectivity index (χ1v) is 11.0. The molecule has 6 nitrogen and oxygen atoms in total. The summed E-state index contributed by atoms with van der Waals surface area (Å²) in [7, 11) is -1.57. The molecule has 0 spiro atoms. The molecule has 0 N–H and O–H groups in total. The third-order valence-corrected chi connectivity index (χ3v) is 8.27. The van der Waals surface area contributed by atoms with Gasteiger partial charge in [-0.15, -0.1) is 0 Å². The van der Waals surface area contributed by atoms with Gasteiger partial charge in [0.1, 0.15) is 5.82 Å². The van der Waals surface area contributed by atoms with Crippen LogP contribution in [0.4, 0.5) is 0 Å². The molecule has 1 aromatic carbocycles. The highest BCUT2D eigenvalue weighted by atomic mass is 32.2. The lowest BCUT2D eigenvalue weighted by atomic mass is 10.0. The van der Waals surface area contributed by atoms with Crippen molar-refractivity contribution >= 4 is 21.1 Å². The van der Waals surface area contributed by atoms with Gasteiger partial charge in [0.25, 0.3) is 0 Å². The van der Waals surface area contributed by atoms with E-state index in [4.69, 9.17) is 4.98 Å². The zero-order valence-corrected chi connectivity index (χ0v) is 17.8. The third kappa shape index (κ3) is 2.84. The molecule has 4 rings (SSSR count). The minimum absolute atomic E-state index is 0.0821. The van der Waals surface area contributed by atoms with Gasteiger partial charge in [-0.25, -0.2) is 13.4 Å². The highest BCUT2D eigenvalue weighted by molar-refractivity contribution is 7.89. The van der Waals surface area contributed by atoms with Crippen LogP contribution in [0.2, 0.25) is 0 Å². The lowest BCUT2D eigenvalue weighted by Gasteiger charge is -2.22. The zero-order chi connectivity index (χ0) is 20.2. The van der Waals surface area contributed by atoms with Crippen LogP contribution in [0.1, 0.15) is 40.4 Å². The molecule has 2 aromatic heterocycles. The van der Waals surface area contributed by atoms with Gasteiger partial charge in [0, 0.05) is 32.3 Å². The minimum Gasteiger partial charge on any atom is -0.330 e. The molecule has 0 saturated carbocycles. The molecule has 0 amide bonds. The van der Waals surface area contributed by atoms with Crippen molar-refractivity contribution in [2.45, 2.75) is 44.9 Å². The molecule has 148 valence electrons. The lowest BCUT2D eigenvalue weighted by Crippen LogP contribution is -2.30. The number of benzene rings is 1. The van der Waals surface area contributed by atoms with Gasteiger partial charge in [0.15, 0.2) is 0 Å². The smallest absolute Gasteiger partial charge is 0.243 e. The molecule has 0 bridgehead atoms. The van der Waals surface area contributed by atoms with Gasteiger partial charge in [0.2, 0.25) is 10.0 Å². The number of rotatable bonds is 3. The molecule has 1 saturated heterocycles. The molecule has 1 aliphatic rings. The van der Waals surface area contributed by atoms with Crippen LogP contribution >= 0.6 is 0 Å². The van der Waals surface area contributed by atoms with Gasteiger partial charge < -0.3 is 4.57 Å². The molecule has 1 atom stereocenters. The lowest BCUT2D eigenvalue weighted by molar-refractivity contribution is 0.469. The quantitative estimate of drug-likeness (QED) is 0.678. The Kier molecular flexibility index (Phi) is 4.55. The van der Waals surface area contributed by atoms with Crippen LogP contribution < -0.4 is 0 Å². The number of nitrogens with zero attached hydrogens (tertiary/aromatic N) is 4. The normalized spacial score (nSPS) is 18.2. The summed E-state index contributed by atoms with van der Waals surface area (Å²) in [5.74, 6) is 1.01. The Labute approximate surface area is 166 Å². The fraction of sp³-hybridized carbons (Fsp3) is 0.429. The van der Waals surface area contributed by atoms with E-state index in [2.05, 4.69) is 11.1 Å². The summed E-state index contributed by atoms with van der Waals surface area (Å²) in [5.41, 5.74) is 5.59. The summed E-state index contributed by atoms with van der Waals surface area (Å²) >= 11 is 0. The average molecular weight is 399 g/mol. The van der Waals surface area contributed by atoms with Gasteiger partial charge in [0.05, 0.1) is 22.1 Å². The van der Waals surface area contributed by atoms with E-state index in [9.17, 15) is 8.42 Å². The van der Waals surface area contributed by atoms with Gasteiger partial charge in [-0.3, -0.25) is 4.98 Å². The van der Waals surface area contributed by atoms with Crippen LogP contribution in [-0.2, 0) is 17.1 Å². The number of sulfonamides is 1. The number of aryl methyl sites for hydroxylation is 3. The predicted molar refractivity (Wildman–Crippen MR) is 110 cm³/mol. The average Bonchev–Trinajstić information content (AvgIpc) is 3.26. The van der Waals surface area contributed by atoms with Crippen LogP contribution in [0.5, 0.6) is 0 Å². The van der Waals surface area contributed by atoms with Gasteiger partial charge in [-0.05, 0) is 62.4 Å². The second-order valence-electron chi connectivity index (χ2n) is 7.83. The van der Waals surface area contributed by atoms with Crippen molar-refractivity contribution in [1.29, 1.82) is 0 Å². The summed E-state index contributed by atoms with van der Waals surface area (Å²) < 4.78 is 30.7. The number of imidazole rings is 1. The second-order valence-corrected chi connectivity index (χ2v) is 9.71. The monoisotopic (exact) mass is 398 g/mol. The summed E-state index contributed by atoms with van der Waals surface area (Å²) in [4.78, 5) is 9.40. The third-order valence-electron chi connectivity index (χ3n) is 6.13. The summed E-state index contributed by atoms with van der Waals surface area (Å²) in [6, 6.07) is 3.95. The van der Waals surface area contributed by atoms with E-state index < -0.39 is 10.0 Å². The van der Waals surface area contributed by atoms with Gasteiger partial charge in [-0.2, -0.15) is 4.31 Å². The van der Waals surface area contributed by atoms with Crippen LogP contribution in [0.15, 0.2) is 29.4 Å². The zero-order valence-electron chi connectivity index (χ0n) is 17.0. The molecule has 7 heteroatoms. The molecule has 0 radical (unpaired) electrons. The van der Waals surface area contributed by atoms with E-state index in [1.54, 1.807) is 16.7 Å². The summed E-state index contributed by atoms with van der Waals surface area (Å²) in [5, 5.41) is 0. The maximum absolute atomic E-state index is 13.5. The Bertz CT molecular complexity index is 1150. The van der Waals surface area contributed by atoms with Crippen molar-refractivity contribution < 1.29 is 8.42 Å². The van der Waals surface area contributed by atoms with Crippen molar-refractivity contribution in [3.63, 3.8) is 0 Å². The van der Waals surface area contributed by atoms with Crippen molar-refractivity contribution in [1.82, 2.24) is 18.8 Å². The Morgan fingerprint density at radius 1 is 1.11 bits per heavy atom. The SMILES string of the molecule is Cc1cc(C)c(C)c(S(=O)(=O)N2CCC(c3nc4ccncc4n3C)C2)c1C. The number of hydrogen-bond acceptors (Lipinski definition) is 4. The highest BCUT2D eigenvalue weighted by Crippen LogP contribution is 2.35. The van der Waals surface area contributed by atoms with Crippen LogP contribution in [0.25, 0.3) is 11.0 Å². The van der Waals surface area contributed by atoms with Crippen molar-refractivity contribution in [2.24, 2.45) is 7.05 Å². The summed E-state index contributed by atoms with van der Waals surface area (Å²) in [6.07, 6.45) is 4.31. The maximum atomic E-state index is 13.5. The number of aromatic nitrogens is 3. The highest BCUT2D eigenvalue weighted by Gasteiger charge is 2.37. The predicted octanol–water partition coefficient (Wildman–Crippen LogP) is 3.38. The van der Waals surface area contributed by atoms with Crippen molar-refractivity contribution in [3.05, 3.63) is 52.6 Å². The van der Waals surface area contributed by atoms with Crippen LogP contribution in [0.3, 0.4) is 0 Å². The van der Waals surface area contributed by atoms with E-state index in [0.717, 1.165) is 45.5 Å². The Morgan fingerprint density at radius 3 is 2.43 bits per heavy atom. The van der Waals surface area contributed by atoms with Crippen LogP contribution in [0, 0.1) is 27.7 Å². The number of pyridine rings is 1. The fourth-order valence-corrected chi connectivity index (χ4v) is 6.35. The summed E-state index contributed by atoms with van der Waals surface area (Å²) in [6.45, 7) is 8.72. The molecule has 1 unspecified atom stereocenters. The Balaban J connectivity index is 1.70. The molecule has 0 aliphatic carbocycles. The molecule has 3 heterocycles. The maximum Gasteiger partial charge on any atom is 0.243 e. The topological polar surface area (TPSA) is 68.1 Å². The standard InChI is InChI=1S/C21H26N4O2S/c1-13-10-14(2)16(4)20(15(13)3)28(26,27)25-9-7-17(12-25)21-23-18-6-8-22-11-19(18)24(21)5/h6,8,10-11,17H,7,9,12H2,1-5H3. The van der Waals surface area contributed by atoms with Gasteiger partial charge in [-0.1, -0.05) is 6.07 Å². The number of hydrogen-bond donors (Lipinski definition) is 0. The molecule has 1 aliphatic heterocycles. The van der Waals surface area contributed by atoms with E-state index in [1.807, 2.05) is 45.4 Å². The first kappa shape index (κ1) is 19.1. The van der Waals surface area contributed by atoms with E-state index in [0.29, 0.717) is 18.0 Å². The van der Waals surface area contributed by atoms with E-state index >= 15 is 0 Å². The second kappa shape index (κ2) is 6.67. The van der Waals surface area contributed by atoms with Crippen LogP contribution in [-0.4, -0.2) is 40.3 Å². The largest absolute Gasteiger partial charge is 0.330 e. The fourth-order valence-electron chi connectivity index (χ4n) is 4.27. The number of fused-ring (bicyclic) bond motifs is 1. The van der Waals surface area contributed by atoms with Gasteiger partial charge >= 0.3 is 0 Å². The molecule has 28 heavy (non-hydrogen) atoms. The molecular weight excluding hydrogens is 372 g/mol. The molecule has 1 fully saturated rings. The first-order chi connectivity index (χ1) is 13.2. The van der Waals surface area contributed by atoms with E-state index in [-0.39, 0.29) is 5.92 Å². The molecular formula is C21H26N4O2S. The van der Waals surface area contributed by atoms with E-state index in [1.165, 1.54) is 0 Å². The van der Waals surface area contributed by atoms with Crippen molar-refractivity contribution in [2.75, 3.05) is 13.1 Å². The van der Waals surface area contributed by atoms with Crippen molar-refractivity contribution in [3.8, 4) is 0 Å². The Morgan fingerprint density at radius 2 is 1.79 bits per heavy atom. The molecule has 3 aromatic rings. The Hall–Kier alpha value is -2.25.